The summed E-state index contributed by atoms with van der Waals surface area (Å²) in [7, 11) is 0. The van der Waals surface area contributed by atoms with Crippen molar-refractivity contribution in [1.82, 2.24) is 9.88 Å². The highest BCUT2D eigenvalue weighted by molar-refractivity contribution is 7.80. The van der Waals surface area contributed by atoms with Crippen molar-refractivity contribution >= 4 is 23.0 Å². The Labute approximate surface area is 169 Å². The lowest BCUT2D eigenvalue weighted by Crippen LogP contribution is -2.45. The first-order valence-corrected chi connectivity index (χ1v) is 9.94. The van der Waals surface area contributed by atoms with Crippen LogP contribution in [-0.4, -0.2) is 21.0 Å². The monoisotopic (exact) mass is 407 g/mol. The molecule has 1 aliphatic carbocycles. The molecule has 0 spiro atoms. The van der Waals surface area contributed by atoms with E-state index in [0.29, 0.717) is 10.8 Å². The molecule has 1 saturated carbocycles. The summed E-state index contributed by atoms with van der Waals surface area (Å²) in [6, 6.07) is 11.1. The number of alkyl halides is 3. The molecular formula is C21H24F3N3S. The molecule has 0 aliphatic heterocycles. The number of hydrogen-bond donors (Lipinski definition) is 1. The standard InChI is InChI=1S/C21H24F3N3S/c1-15(19-12-5-6-13-25-19)27(18-10-3-2-4-11-18)20(28)26-17-9-7-8-16(14-17)21(22,23)24/h5-9,12-15,18H,2-4,10-11H2,1H3,(H,26,28)/t15-/m1/s1. The van der Waals surface area contributed by atoms with Crippen LogP contribution in [0.1, 0.15) is 56.3 Å². The molecule has 1 aromatic heterocycles. The zero-order valence-electron chi connectivity index (χ0n) is 15.7. The molecule has 1 fully saturated rings. The quantitative estimate of drug-likeness (QED) is 0.612. The Morgan fingerprint density at radius 2 is 1.89 bits per heavy atom. The number of nitrogens with one attached hydrogen (secondary N) is 1. The minimum absolute atomic E-state index is 0.0740. The number of rotatable bonds is 4. The fourth-order valence-corrected chi connectivity index (χ4v) is 4.17. The number of benzene rings is 1. The van der Waals surface area contributed by atoms with Crippen LogP contribution in [0.4, 0.5) is 18.9 Å². The number of thiocarbonyl (C=S) groups is 1. The summed E-state index contributed by atoms with van der Waals surface area (Å²) in [6.07, 6.45) is 2.85. The van der Waals surface area contributed by atoms with Gasteiger partial charge in [0.15, 0.2) is 5.11 Å². The molecule has 0 saturated heterocycles. The molecule has 1 aliphatic rings. The Morgan fingerprint density at radius 3 is 2.54 bits per heavy atom. The molecule has 0 radical (unpaired) electrons. The molecule has 3 nitrogen and oxygen atoms in total. The van der Waals surface area contributed by atoms with E-state index in [1.54, 1.807) is 12.3 Å². The molecule has 1 aromatic carbocycles. The van der Waals surface area contributed by atoms with Crippen LogP contribution in [0.15, 0.2) is 48.7 Å². The topological polar surface area (TPSA) is 28.2 Å². The number of pyridine rings is 1. The zero-order chi connectivity index (χ0) is 20.1. The number of anilines is 1. The average Bonchev–Trinajstić information content (AvgIpc) is 2.69. The van der Waals surface area contributed by atoms with Crippen LogP contribution < -0.4 is 5.32 Å². The second-order valence-corrected chi connectivity index (χ2v) is 7.53. The Balaban J connectivity index is 1.84. The molecule has 150 valence electrons. The van der Waals surface area contributed by atoms with Crippen LogP contribution in [-0.2, 0) is 6.18 Å². The molecule has 1 heterocycles. The van der Waals surface area contributed by atoms with Crippen molar-refractivity contribution in [2.75, 3.05) is 5.32 Å². The molecule has 1 N–H and O–H groups in total. The SMILES string of the molecule is C[C@H](c1ccccn1)N(C(=S)Nc1cccc(C(F)(F)F)c1)C1CCCCC1. The molecule has 0 amide bonds. The van der Waals surface area contributed by atoms with Gasteiger partial charge in [-0.2, -0.15) is 13.2 Å². The normalized spacial score (nSPS) is 16.4. The second-order valence-electron chi connectivity index (χ2n) is 7.14. The van der Waals surface area contributed by atoms with E-state index in [2.05, 4.69) is 15.2 Å². The molecule has 0 bridgehead atoms. The van der Waals surface area contributed by atoms with Crippen molar-refractivity contribution < 1.29 is 13.2 Å². The van der Waals surface area contributed by atoms with Gasteiger partial charge in [-0.3, -0.25) is 4.98 Å². The van der Waals surface area contributed by atoms with Gasteiger partial charge in [0, 0.05) is 17.9 Å². The van der Waals surface area contributed by atoms with E-state index in [1.807, 2.05) is 25.1 Å². The highest BCUT2D eigenvalue weighted by atomic mass is 32.1. The fourth-order valence-electron chi connectivity index (χ4n) is 3.74. The minimum atomic E-state index is -4.39. The molecule has 3 rings (SSSR count). The van der Waals surface area contributed by atoms with Gasteiger partial charge in [-0.1, -0.05) is 31.4 Å². The van der Waals surface area contributed by atoms with Gasteiger partial charge in [-0.05, 0) is 62.3 Å². The van der Waals surface area contributed by atoms with E-state index in [-0.39, 0.29) is 12.1 Å². The van der Waals surface area contributed by atoms with Crippen LogP contribution in [0.25, 0.3) is 0 Å². The number of aromatic nitrogens is 1. The van der Waals surface area contributed by atoms with Crippen LogP contribution in [0, 0.1) is 0 Å². The Bertz CT molecular complexity index is 789. The van der Waals surface area contributed by atoms with Crippen LogP contribution in [0.5, 0.6) is 0 Å². The summed E-state index contributed by atoms with van der Waals surface area (Å²) in [5.74, 6) is 0. The van der Waals surface area contributed by atoms with Gasteiger partial charge in [0.25, 0.3) is 0 Å². The van der Waals surface area contributed by atoms with E-state index < -0.39 is 11.7 Å². The van der Waals surface area contributed by atoms with E-state index in [9.17, 15) is 13.2 Å². The van der Waals surface area contributed by atoms with E-state index in [0.717, 1.165) is 43.5 Å². The maximum absolute atomic E-state index is 13.0. The van der Waals surface area contributed by atoms with Crippen LogP contribution in [0.3, 0.4) is 0 Å². The van der Waals surface area contributed by atoms with Gasteiger partial charge in [0.2, 0.25) is 0 Å². The second kappa shape index (κ2) is 8.90. The molecule has 0 unspecified atom stereocenters. The van der Waals surface area contributed by atoms with Crippen molar-refractivity contribution in [2.45, 2.75) is 57.3 Å². The van der Waals surface area contributed by atoms with E-state index in [4.69, 9.17) is 12.2 Å². The predicted octanol–water partition coefficient (Wildman–Crippen LogP) is 6.19. The lowest BCUT2D eigenvalue weighted by molar-refractivity contribution is -0.137. The van der Waals surface area contributed by atoms with Gasteiger partial charge in [-0.25, -0.2) is 0 Å². The minimum Gasteiger partial charge on any atom is -0.338 e. The molecular weight excluding hydrogens is 383 g/mol. The summed E-state index contributed by atoms with van der Waals surface area (Å²) < 4.78 is 39.1. The van der Waals surface area contributed by atoms with Crippen LogP contribution >= 0.6 is 12.2 Å². The lowest BCUT2D eigenvalue weighted by Gasteiger charge is -2.40. The first kappa shape index (κ1) is 20.6. The van der Waals surface area contributed by atoms with E-state index in [1.165, 1.54) is 12.5 Å². The summed E-state index contributed by atoms with van der Waals surface area (Å²) in [4.78, 5) is 6.56. The number of hydrogen-bond acceptors (Lipinski definition) is 2. The van der Waals surface area contributed by atoms with Crippen molar-refractivity contribution in [1.29, 1.82) is 0 Å². The highest BCUT2D eigenvalue weighted by Crippen LogP contribution is 2.32. The predicted molar refractivity (Wildman–Crippen MR) is 109 cm³/mol. The molecule has 1 atom stereocenters. The largest absolute Gasteiger partial charge is 0.416 e. The Hall–Kier alpha value is -2.15. The van der Waals surface area contributed by atoms with E-state index >= 15 is 0 Å². The van der Waals surface area contributed by atoms with Gasteiger partial charge in [0.05, 0.1) is 17.3 Å². The molecule has 28 heavy (non-hydrogen) atoms. The van der Waals surface area contributed by atoms with Gasteiger partial charge in [0.1, 0.15) is 0 Å². The lowest BCUT2D eigenvalue weighted by atomic mass is 9.93. The number of nitrogens with zero attached hydrogens (tertiary/aromatic N) is 2. The smallest absolute Gasteiger partial charge is 0.338 e. The first-order chi connectivity index (χ1) is 13.4. The van der Waals surface area contributed by atoms with Gasteiger partial charge >= 0.3 is 6.18 Å². The Kier molecular flexibility index (Phi) is 6.54. The summed E-state index contributed by atoms with van der Waals surface area (Å²) >= 11 is 5.66. The summed E-state index contributed by atoms with van der Waals surface area (Å²) in [5, 5.41) is 3.47. The van der Waals surface area contributed by atoms with Gasteiger partial charge in [-0.15, -0.1) is 0 Å². The third-order valence-electron chi connectivity index (χ3n) is 5.18. The van der Waals surface area contributed by atoms with Crippen molar-refractivity contribution in [3.63, 3.8) is 0 Å². The summed E-state index contributed by atoms with van der Waals surface area (Å²) in [5.41, 5.74) is 0.539. The van der Waals surface area contributed by atoms with Gasteiger partial charge < -0.3 is 10.2 Å². The number of halogens is 3. The third-order valence-corrected chi connectivity index (χ3v) is 5.49. The average molecular weight is 408 g/mol. The maximum Gasteiger partial charge on any atom is 0.416 e. The highest BCUT2D eigenvalue weighted by Gasteiger charge is 2.31. The fraction of sp³-hybridized carbons (Fsp3) is 0.429. The molecule has 7 heteroatoms. The van der Waals surface area contributed by atoms with Crippen molar-refractivity contribution in [3.05, 3.63) is 59.9 Å². The van der Waals surface area contributed by atoms with Crippen molar-refractivity contribution in [2.24, 2.45) is 0 Å². The zero-order valence-corrected chi connectivity index (χ0v) is 16.6. The molecule has 2 aromatic rings. The van der Waals surface area contributed by atoms with Crippen LogP contribution in [0.2, 0.25) is 0 Å². The Morgan fingerprint density at radius 1 is 1.14 bits per heavy atom. The maximum atomic E-state index is 13.0. The first-order valence-electron chi connectivity index (χ1n) is 9.54. The third kappa shape index (κ3) is 5.01. The van der Waals surface area contributed by atoms with Crippen molar-refractivity contribution in [3.8, 4) is 0 Å². The summed E-state index contributed by atoms with van der Waals surface area (Å²) in [6.45, 7) is 2.04.